The molecule has 0 fully saturated rings. The van der Waals surface area contributed by atoms with Gasteiger partial charge in [0, 0.05) is 18.1 Å². The van der Waals surface area contributed by atoms with Crippen LogP contribution in [0, 0.1) is 0 Å². The Bertz CT molecular complexity index is 481. The lowest BCUT2D eigenvalue weighted by molar-refractivity contribution is 0.867. The monoisotopic (exact) mass is 292 g/mol. The van der Waals surface area contributed by atoms with Crippen molar-refractivity contribution in [2.24, 2.45) is 0 Å². The van der Waals surface area contributed by atoms with Gasteiger partial charge < -0.3 is 10.6 Å². The molecule has 2 aromatic rings. The van der Waals surface area contributed by atoms with E-state index in [0.29, 0.717) is 11.6 Å². The van der Waals surface area contributed by atoms with Crippen molar-refractivity contribution < 1.29 is 0 Å². The third kappa shape index (κ3) is 3.17. The molecule has 0 amide bonds. The van der Waals surface area contributed by atoms with E-state index in [4.69, 9.17) is 5.73 Å². The summed E-state index contributed by atoms with van der Waals surface area (Å²) in [4.78, 5) is 10.3. The Balaban J connectivity index is 2.08. The molecule has 1 aromatic carbocycles. The number of anilines is 2. The topological polar surface area (TPSA) is 55.0 Å². The van der Waals surface area contributed by atoms with Gasteiger partial charge in [-0.2, -0.15) is 0 Å². The summed E-state index contributed by atoms with van der Waals surface area (Å²) in [6, 6.07) is 8.18. The molecular formula is C12H13BrN4. The molecular weight excluding hydrogens is 280 g/mol. The second kappa shape index (κ2) is 5.14. The Morgan fingerprint density at radius 1 is 1.18 bits per heavy atom. The van der Waals surface area contributed by atoms with E-state index >= 15 is 0 Å². The normalized spacial score (nSPS) is 10.2. The van der Waals surface area contributed by atoms with Crippen LogP contribution in [0.25, 0.3) is 0 Å². The molecule has 0 unspecified atom stereocenters. The highest BCUT2D eigenvalue weighted by molar-refractivity contribution is 9.10. The fourth-order valence-electron chi connectivity index (χ4n) is 1.46. The van der Waals surface area contributed by atoms with Gasteiger partial charge in [0.2, 0.25) is 5.95 Å². The summed E-state index contributed by atoms with van der Waals surface area (Å²) in [7, 11) is 1.95. The highest BCUT2D eigenvalue weighted by atomic mass is 79.9. The first-order valence-corrected chi connectivity index (χ1v) is 5.97. The van der Waals surface area contributed by atoms with E-state index in [1.165, 1.54) is 5.56 Å². The third-order valence-electron chi connectivity index (χ3n) is 2.33. The maximum Gasteiger partial charge on any atom is 0.225 e. The first-order chi connectivity index (χ1) is 8.15. The van der Waals surface area contributed by atoms with Gasteiger partial charge in [-0.3, -0.25) is 0 Å². The van der Waals surface area contributed by atoms with E-state index in [0.717, 1.165) is 11.0 Å². The third-order valence-corrected chi connectivity index (χ3v) is 2.86. The summed E-state index contributed by atoms with van der Waals surface area (Å²) in [6.45, 7) is 0.761. The Morgan fingerprint density at radius 3 is 2.35 bits per heavy atom. The number of benzene rings is 1. The highest BCUT2D eigenvalue weighted by Crippen LogP contribution is 2.14. The SMILES string of the molecule is CN(Cc1ccc(Br)cc1)c1ncc(N)cn1. The van der Waals surface area contributed by atoms with Crippen LogP contribution in [0.1, 0.15) is 5.56 Å². The summed E-state index contributed by atoms with van der Waals surface area (Å²) in [5.41, 5.74) is 7.33. The fourth-order valence-corrected chi connectivity index (χ4v) is 1.73. The molecule has 17 heavy (non-hydrogen) atoms. The van der Waals surface area contributed by atoms with Crippen molar-refractivity contribution in [3.8, 4) is 0 Å². The quantitative estimate of drug-likeness (QED) is 0.944. The van der Waals surface area contributed by atoms with Gasteiger partial charge in [-0.05, 0) is 17.7 Å². The molecule has 2 rings (SSSR count). The minimum absolute atomic E-state index is 0.575. The van der Waals surface area contributed by atoms with Crippen LogP contribution in [0.5, 0.6) is 0 Å². The Labute approximate surface area is 109 Å². The highest BCUT2D eigenvalue weighted by Gasteiger charge is 2.04. The number of nitrogens with zero attached hydrogens (tertiary/aromatic N) is 3. The number of nitrogen functional groups attached to an aromatic ring is 1. The lowest BCUT2D eigenvalue weighted by Crippen LogP contribution is -2.18. The predicted octanol–water partition coefficient (Wildman–Crippen LogP) is 2.46. The second-order valence-electron chi connectivity index (χ2n) is 3.80. The summed E-state index contributed by atoms with van der Waals surface area (Å²) in [5.74, 6) is 0.669. The summed E-state index contributed by atoms with van der Waals surface area (Å²) >= 11 is 3.41. The number of rotatable bonds is 3. The van der Waals surface area contributed by atoms with E-state index < -0.39 is 0 Å². The Hall–Kier alpha value is -1.62. The molecule has 4 nitrogen and oxygen atoms in total. The minimum Gasteiger partial charge on any atom is -0.396 e. The zero-order valence-electron chi connectivity index (χ0n) is 9.47. The van der Waals surface area contributed by atoms with E-state index in [1.807, 2.05) is 24.1 Å². The molecule has 5 heteroatoms. The minimum atomic E-state index is 0.575. The zero-order chi connectivity index (χ0) is 12.3. The lowest BCUT2D eigenvalue weighted by atomic mass is 10.2. The molecule has 0 saturated carbocycles. The molecule has 0 atom stereocenters. The molecule has 0 bridgehead atoms. The Kier molecular flexibility index (Phi) is 3.58. The summed E-state index contributed by atoms with van der Waals surface area (Å²) in [5, 5.41) is 0. The predicted molar refractivity (Wildman–Crippen MR) is 72.7 cm³/mol. The maximum absolute atomic E-state index is 5.55. The van der Waals surface area contributed by atoms with Crippen LogP contribution >= 0.6 is 15.9 Å². The van der Waals surface area contributed by atoms with Crippen molar-refractivity contribution in [2.75, 3.05) is 17.7 Å². The zero-order valence-corrected chi connectivity index (χ0v) is 11.1. The standard InChI is InChI=1S/C12H13BrN4/c1-17(12-15-6-11(14)7-16-12)8-9-2-4-10(13)5-3-9/h2-7H,8,14H2,1H3. The number of hydrogen-bond donors (Lipinski definition) is 1. The molecule has 0 aliphatic carbocycles. The van der Waals surface area contributed by atoms with Gasteiger partial charge in [-0.25, -0.2) is 9.97 Å². The molecule has 0 radical (unpaired) electrons. The molecule has 1 heterocycles. The molecule has 88 valence electrons. The van der Waals surface area contributed by atoms with Gasteiger partial charge in [-0.15, -0.1) is 0 Å². The smallest absolute Gasteiger partial charge is 0.225 e. The summed E-state index contributed by atoms with van der Waals surface area (Å²) in [6.07, 6.45) is 3.22. The molecule has 0 spiro atoms. The average molecular weight is 293 g/mol. The molecule has 0 aliphatic rings. The van der Waals surface area contributed by atoms with Crippen LogP contribution in [0.3, 0.4) is 0 Å². The van der Waals surface area contributed by atoms with Crippen molar-refractivity contribution in [3.05, 3.63) is 46.7 Å². The maximum atomic E-state index is 5.55. The first-order valence-electron chi connectivity index (χ1n) is 5.18. The molecule has 0 saturated heterocycles. The van der Waals surface area contributed by atoms with Gasteiger partial charge >= 0.3 is 0 Å². The van der Waals surface area contributed by atoms with E-state index in [2.05, 4.69) is 38.0 Å². The van der Waals surface area contributed by atoms with E-state index in [-0.39, 0.29) is 0 Å². The van der Waals surface area contributed by atoms with E-state index in [9.17, 15) is 0 Å². The lowest BCUT2D eigenvalue weighted by Gasteiger charge is -2.16. The van der Waals surface area contributed by atoms with Gasteiger partial charge in [0.05, 0.1) is 18.1 Å². The van der Waals surface area contributed by atoms with Gasteiger partial charge in [0.25, 0.3) is 0 Å². The van der Waals surface area contributed by atoms with Crippen LogP contribution in [-0.2, 0) is 6.54 Å². The number of aromatic nitrogens is 2. The fraction of sp³-hybridized carbons (Fsp3) is 0.167. The van der Waals surface area contributed by atoms with Gasteiger partial charge in [0.15, 0.2) is 0 Å². The second-order valence-corrected chi connectivity index (χ2v) is 4.71. The number of nitrogens with two attached hydrogens (primary N) is 1. The molecule has 2 N–H and O–H groups in total. The van der Waals surface area contributed by atoms with Gasteiger partial charge in [0.1, 0.15) is 0 Å². The van der Waals surface area contributed by atoms with Crippen molar-refractivity contribution in [1.82, 2.24) is 9.97 Å². The number of hydrogen-bond acceptors (Lipinski definition) is 4. The largest absolute Gasteiger partial charge is 0.396 e. The van der Waals surface area contributed by atoms with Crippen LogP contribution < -0.4 is 10.6 Å². The van der Waals surface area contributed by atoms with Crippen molar-refractivity contribution in [2.45, 2.75) is 6.54 Å². The van der Waals surface area contributed by atoms with E-state index in [1.54, 1.807) is 12.4 Å². The molecule has 1 aromatic heterocycles. The van der Waals surface area contributed by atoms with Crippen molar-refractivity contribution >= 4 is 27.6 Å². The van der Waals surface area contributed by atoms with Crippen LogP contribution in [0.4, 0.5) is 11.6 Å². The first kappa shape index (κ1) is 11.9. The number of halogens is 1. The van der Waals surface area contributed by atoms with Crippen LogP contribution in [-0.4, -0.2) is 17.0 Å². The van der Waals surface area contributed by atoms with Gasteiger partial charge in [-0.1, -0.05) is 28.1 Å². The van der Waals surface area contributed by atoms with Crippen LogP contribution in [0.2, 0.25) is 0 Å². The average Bonchev–Trinajstić information content (AvgIpc) is 2.33. The van der Waals surface area contributed by atoms with Crippen molar-refractivity contribution in [1.29, 1.82) is 0 Å². The Morgan fingerprint density at radius 2 is 1.76 bits per heavy atom. The van der Waals surface area contributed by atoms with Crippen molar-refractivity contribution in [3.63, 3.8) is 0 Å². The van der Waals surface area contributed by atoms with Crippen LogP contribution in [0.15, 0.2) is 41.1 Å². The summed E-state index contributed by atoms with van der Waals surface area (Å²) < 4.78 is 1.08. The molecule has 0 aliphatic heterocycles.